The van der Waals surface area contributed by atoms with Crippen LogP contribution in [-0.2, 0) is 6.61 Å². The molecule has 0 saturated heterocycles. The maximum Gasteiger partial charge on any atom is 0.225 e. The molecule has 0 bridgehead atoms. The van der Waals surface area contributed by atoms with Gasteiger partial charge >= 0.3 is 0 Å². The summed E-state index contributed by atoms with van der Waals surface area (Å²) in [5.74, 6) is -0.737. The number of para-hydroxylation sites is 1. The lowest BCUT2D eigenvalue weighted by Gasteiger charge is -2.09. The second kappa shape index (κ2) is 5.44. The number of halogens is 2. The van der Waals surface area contributed by atoms with Gasteiger partial charge in [-0.15, -0.1) is 0 Å². The van der Waals surface area contributed by atoms with Gasteiger partial charge in [-0.1, -0.05) is 18.2 Å². The Bertz CT molecular complexity index is 805. The first-order chi connectivity index (χ1) is 10.1. The Hall–Kier alpha value is -2.56. The summed E-state index contributed by atoms with van der Waals surface area (Å²) < 4.78 is 31.7. The molecule has 106 valence electrons. The Kier molecular flexibility index (Phi) is 3.48. The molecule has 0 saturated carbocycles. The largest absolute Gasteiger partial charge is 0.472 e. The van der Waals surface area contributed by atoms with Crippen molar-refractivity contribution in [2.24, 2.45) is 0 Å². The van der Waals surface area contributed by atoms with E-state index in [1.165, 1.54) is 6.07 Å². The van der Waals surface area contributed by atoms with Gasteiger partial charge in [-0.3, -0.25) is 0 Å². The van der Waals surface area contributed by atoms with E-state index in [4.69, 9.17) is 4.74 Å². The summed E-state index contributed by atoms with van der Waals surface area (Å²) in [6, 6.07) is 11.2. The average molecular weight is 286 g/mol. The number of benzene rings is 2. The highest BCUT2D eigenvalue weighted by molar-refractivity contribution is 5.83. The number of hydrogen-bond donors (Lipinski definition) is 0. The summed E-state index contributed by atoms with van der Waals surface area (Å²) in [7, 11) is 0. The summed E-state index contributed by atoms with van der Waals surface area (Å²) >= 11 is 0. The van der Waals surface area contributed by atoms with Gasteiger partial charge in [-0.2, -0.15) is 4.98 Å². The van der Waals surface area contributed by atoms with Crippen LogP contribution in [0.15, 0.2) is 42.5 Å². The predicted octanol–water partition coefficient (Wildman–Crippen LogP) is 3.80. The highest BCUT2D eigenvalue weighted by Crippen LogP contribution is 2.23. The van der Waals surface area contributed by atoms with Crippen molar-refractivity contribution in [3.8, 4) is 5.88 Å². The van der Waals surface area contributed by atoms with E-state index in [-0.39, 0.29) is 6.61 Å². The molecule has 3 rings (SSSR count). The fourth-order valence-corrected chi connectivity index (χ4v) is 2.05. The van der Waals surface area contributed by atoms with Crippen molar-refractivity contribution < 1.29 is 13.5 Å². The molecule has 0 amide bonds. The van der Waals surface area contributed by atoms with Gasteiger partial charge in [0.2, 0.25) is 5.88 Å². The minimum absolute atomic E-state index is 0.109. The lowest BCUT2D eigenvalue weighted by molar-refractivity contribution is 0.296. The molecule has 3 aromatic rings. The number of fused-ring (bicyclic) bond motifs is 1. The lowest BCUT2D eigenvalue weighted by atomic mass is 10.2. The minimum Gasteiger partial charge on any atom is -0.472 e. The van der Waals surface area contributed by atoms with Crippen molar-refractivity contribution in [3.63, 3.8) is 0 Å². The highest BCUT2D eigenvalue weighted by atomic mass is 19.2. The van der Waals surface area contributed by atoms with Crippen molar-refractivity contribution in [3.05, 3.63) is 65.5 Å². The molecular formula is C16H12F2N2O. The normalized spacial score (nSPS) is 10.8. The van der Waals surface area contributed by atoms with Crippen LogP contribution in [0.1, 0.15) is 11.4 Å². The first kappa shape index (κ1) is 13.4. The number of nitrogens with zero attached hydrogens (tertiary/aromatic N) is 2. The number of aryl methyl sites for hydroxylation is 1. The lowest BCUT2D eigenvalue weighted by Crippen LogP contribution is -2.01. The van der Waals surface area contributed by atoms with Crippen LogP contribution in [0, 0.1) is 18.6 Å². The van der Waals surface area contributed by atoms with Gasteiger partial charge in [0.25, 0.3) is 0 Å². The molecule has 0 radical (unpaired) electrons. The van der Waals surface area contributed by atoms with Crippen LogP contribution in [0.3, 0.4) is 0 Å². The molecule has 0 aliphatic carbocycles. The van der Waals surface area contributed by atoms with Crippen LogP contribution in [0.25, 0.3) is 10.9 Å². The Morgan fingerprint density at radius 1 is 1.00 bits per heavy atom. The first-order valence-corrected chi connectivity index (χ1v) is 6.43. The fourth-order valence-electron chi connectivity index (χ4n) is 2.05. The van der Waals surface area contributed by atoms with Crippen LogP contribution in [0.5, 0.6) is 5.88 Å². The van der Waals surface area contributed by atoms with Crippen LogP contribution in [0.2, 0.25) is 0 Å². The molecule has 1 heterocycles. The van der Waals surface area contributed by atoms with E-state index in [1.54, 1.807) is 6.92 Å². The average Bonchev–Trinajstić information content (AvgIpc) is 2.48. The molecule has 3 nitrogen and oxygen atoms in total. The monoisotopic (exact) mass is 286 g/mol. The van der Waals surface area contributed by atoms with Crippen LogP contribution < -0.4 is 4.74 Å². The summed E-state index contributed by atoms with van der Waals surface area (Å²) in [4.78, 5) is 8.57. The van der Waals surface area contributed by atoms with E-state index in [0.717, 1.165) is 23.0 Å². The van der Waals surface area contributed by atoms with Gasteiger partial charge in [-0.05, 0) is 36.8 Å². The van der Waals surface area contributed by atoms with Crippen molar-refractivity contribution in [1.82, 2.24) is 9.97 Å². The number of aromatic nitrogens is 2. The molecule has 0 atom stereocenters. The zero-order valence-corrected chi connectivity index (χ0v) is 11.3. The van der Waals surface area contributed by atoms with Crippen molar-refractivity contribution >= 4 is 10.9 Å². The van der Waals surface area contributed by atoms with Gasteiger partial charge in [-0.25, -0.2) is 13.8 Å². The number of hydrogen-bond acceptors (Lipinski definition) is 3. The molecule has 0 N–H and O–H groups in total. The maximum absolute atomic E-state index is 13.2. The van der Waals surface area contributed by atoms with Gasteiger partial charge < -0.3 is 4.74 Å². The smallest absolute Gasteiger partial charge is 0.225 e. The quantitative estimate of drug-likeness (QED) is 0.734. The summed E-state index contributed by atoms with van der Waals surface area (Å²) in [6.45, 7) is 1.88. The van der Waals surface area contributed by atoms with E-state index >= 15 is 0 Å². The molecular weight excluding hydrogens is 274 g/mol. The number of rotatable bonds is 3. The Labute approximate surface area is 120 Å². The molecule has 0 aliphatic heterocycles. The Morgan fingerprint density at radius 2 is 1.81 bits per heavy atom. The van der Waals surface area contributed by atoms with Crippen molar-refractivity contribution in [1.29, 1.82) is 0 Å². The molecule has 2 aromatic carbocycles. The molecule has 0 unspecified atom stereocenters. The second-order valence-corrected chi connectivity index (χ2v) is 4.63. The topological polar surface area (TPSA) is 35.0 Å². The van der Waals surface area contributed by atoms with Gasteiger partial charge in [0.1, 0.15) is 12.4 Å². The summed E-state index contributed by atoms with van der Waals surface area (Å²) in [6.07, 6.45) is 0. The Balaban J connectivity index is 1.89. The van der Waals surface area contributed by atoms with Gasteiger partial charge in [0.05, 0.1) is 10.9 Å². The van der Waals surface area contributed by atoms with Gasteiger partial charge in [0.15, 0.2) is 11.6 Å². The molecule has 0 aliphatic rings. The summed E-state index contributed by atoms with van der Waals surface area (Å²) in [5.41, 5.74) is 1.32. The van der Waals surface area contributed by atoms with Crippen molar-refractivity contribution in [2.75, 3.05) is 0 Å². The third kappa shape index (κ3) is 2.81. The van der Waals surface area contributed by atoms with E-state index in [9.17, 15) is 8.78 Å². The van der Waals surface area contributed by atoms with Crippen molar-refractivity contribution in [2.45, 2.75) is 13.5 Å². The first-order valence-electron chi connectivity index (χ1n) is 6.43. The fraction of sp³-hybridized carbons (Fsp3) is 0.125. The highest BCUT2D eigenvalue weighted by Gasteiger charge is 2.08. The third-order valence-electron chi connectivity index (χ3n) is 3.04. The number of ether oxygens (including phenoxy) is 1. The molecule has 21 heavy (non-hydrogen) atoms. The predicted molar refractivity (Wildman–Crippen MR) is 75.0 cm³/mol. The van der Waals surface area contributed by atoms with E-state index < -0.39 is 11.6 Å². The third-order valence-corrected chi connectivity index (χ3v) is 3.04. The Morgan fingerprint density at radius 3 is 2.62 bits per heavy atom. The summed E-state index contributed by atoms with van der Waals surface area (Å²) in [5, 5.41) is 0.783. The SMILES string of the molecule is Cc1nc(OCc2ccc(F)c(F)c2)c2ccccc2n1. The maximum atomic E-state index is 13.2. The van der Waals surface area contributed by atoms with Gasteiger partial charge in [0, 0.05) is 0 Å². The van der Waals surface area contributed by atoms with Crippen LogP contribution in [0.4, 0.5) is 8.78 Å². The van der Waals surface area contributed by atoms with E-state index in [1.807, 2.05) is 24.3 Å². The van der Waals surface area contributed by atoms with Crippen LogP contribution >= 0.6 is 0 Å². The molecule has 1 aromatic heterocycles. The zero-order chi connectivity index (χ0) is 14.8. The second-order valence-electron chi connectivity index (χ2n) is 4.63. The van der Waals surface area contributed by atoms with Crippen LogP contribution in [-0.4, -0.2) is 9.97 Å². The minimum atomic E-state index is -0.889. The van der Waals surface area contributed by atoms with E-state index in [0.29, 0.717) is 17.3 Å². The standard InChI is InChI=1S/C16H12F2N2O/c1-10-19-15-5-3-2-4-12(15)16(20-10)21-9-11-6-7-13(17)14(18)8-11/h2-8H,9H2,1H3. The zero-order valence-electron chi connectivity index (χ0n) is 11.3. The van der Waals surface area contributed by atoms with E-state index in [2.05, 4.69) is 9.97 Å². The molecule has 0 spiro atoms. The molecule has 5 heteroatoms. The molecule has 0 fully saturated rings.